The molecule has 26 heavy (non-hydrogen) atoms. The molecule has 0 atom stereocenters. The molecule has 2 aromatic carbocycles. The summed E-state index contributed by atoms with van der Waals surface area (Å²) in [6.07, 6.45) is 1.77. The Morgan fingerprint density at radius 3 is 2.85 bits per heavy atom. The van der Waals surface area contributed by atoms with Gasteiger partial charge in [-0.1, -0.05) is 12.1 Å². The zero-order valence-corrected chi connectivity index (χ0v) is 15.6. The van der Waals surface area contributed by atoms with Crippen LogP contribution in [0.2, 0.25) is 0 Å². The summed E-state index contributed by atoms with van der Waals surface area (Å²) in [6.45, 7) is 0.517. The molecule has 1 aromatic heterocycles. The van der Waals surface area contributed by atoms with Gasteiger partial charge in [0, 0.05) is 6.54 Å². The third kappa shape index (κ3) is 3.17. The normalized spacial score (nSPS) is 13.8. The Balaban J connectivity index is 1.49. The molecular weight excluding hydrogens is 372 g/mol. The van der Waals surface area contributed by atoms with E-state index < -0.39 is 16.0 Å². The van der Waals surface area contributed by atoms with Crippen LogP contribution < -0.4 is 4.31 Å². The van der Waals surface area contributed by atoms with Crippen LogP contribution in [0.3, 0.4) is 0 Å². The van der Waals surface area contributed by atoms with E-state index in [0.29, 0.717) is 24.2 Å². The molecule has 6 nitrogen and oxygen atoms in total. The number of hydrogen-bond donors (Lipinski definition) is 0. The van der Waals surface area contributed by atoms with Crippen LogP contribution >= 0.6 is 11.3 Å². The smallest absolute Gasteiger partial charge is 0.338 e. The maximum Gasteiger partial charge on any atom is 0.338 e. The van der Waals surface area contributed by atoms with Crippen molar-refractivity contribution in [3.05, 3.63) is 58.6 Å². The van der Waals surface area contributed by atoms with Gasteiger partial charge in [-0.25, -0.2) is 18.2 Å². The molecule has 0 spiro atoms. The number of carbonyl (C=O) groups is 1. The number of nitrogens with zero attached hydrogens (tertiary/aromatic N) is 2. The van der Waals surface area contributed by atoms with E-state index in [0.717, 1.165) is 20.8 Å². The van der Waals surface area contributed by atoms with Crippen molar-refractivity contribution >= 4 is 43.2 Å². The maximum absolute atomic E-state index is 12.3. The molecular formula is C18H16N2O4S2. The van der Waals surface area contributed by atoms with Crippen LogP contribution in [0.4, 0.5) is 5.69 Å². The van der Waals surface area contributed by atoms with Crippen LogP contribution in [0, 0.1) is 0 Å². The highest BCUT2D eigenvalue weighted by atomic mass is 32.2. The van der Waals surface area contributed by atoms with E-state index in [1.54, 1.807) is 18.2 Å². The number of esters is 1. The zero-order valence-electron chi connectivity index (χ0n) is 14.0. The van der Waals surface area contributed by atoms with Gasteiger partial charge in [-0.15, -0.1) is 11.3 Å². The quantitative estimate of drug-likeness (QED) is 0.642. The number of thiazole rings is 1. The van der Waals surface area contributed by atoms with Crippen LogP contribution in [-0.4, -0.2) is 32.2 Å². The van der Waals surface area contributed by atoms with Gasteiger partial charge in [-0.3, -0.25) is 4.31 Å². The molecule has 0 N–H and O–H groups in total. The maximum atomic E-state index is 12.3. The number of hydrogen-bond acceptors (Lipinski definition) is 6. The molecule has 8 heteroatoms. The number of ether oxygens (including phenoxy) is 1. The van der Waals surface area contributed by atoms with Crippen molar-refractivity contribution < 1.29 is 17.9 Å². The lowest BCUT2D eigenvalue weighted by atomic mass is 10.1. The Morgan fingerprint density at radius 2 is 2.08 bits per heavy atom. The lowest BCUT2D eigenvalue weighted by Gasteiger charge is -2.16. The van der Waals surface area contributed by atoms with E-state index in [4.69, 9.17) is 4.74 Å². The first kappa shape index (κ1) is 17.0. The van der Waals surface area contributed by atoms with Gasteiger partial charge in [-0.2, -0.15) is 0 Å². The van der Waals surface area contributed by atoms with Gasteiger partial charge >= 0.3 is 5.97 Å². The van der Waals surface area contributed by atoms with Crippen LogP contribution in [0.25, 0.3) is 10.2 Å². The number of fused-ring (bicyclic) bond motifs is 2. The summed E-state index contributed by atoms with van der Waals surface area (Å²) in [4.78, 5) is 16.8. The fraction of sp³-hybridized carbons (Fsp3) is 0.222. The predicted octanol–water partition coefficient (Wildman–Crippen LogP) is 2.98. The highest BCUT2D eigenvalue weighted by Crippen LogP contribution is 2.31. The van der Waals surface area contributed by atoms with Crippen molar-refractivity contribution in [3.63, 3.8) is 0 Å². The largest absolute Gasteiger partial charge is 0.455 e. The van der Waals surface area contributed by atoms with Crippen molar-refractivity contribution in [1.29, 1.82) is 0 Å². The van der Waals surface area contributed by atoms with E-state index in [9.17, 15) is 13.2 Å². The Kier molecular flexibility index (Phi) is 4.16. The number of aromatic nitrogens is 1. The molecule has 4 rings (SSSR count). The van der Waals surface area contributed by atoms with E-state index in [1.807, 2.05) is 24.3 Å². The summed E-state index contributed by atoms with van der Waals surface area (Å²) < 4.78 is 31.3. The van der Waals surface area contributed by atoms with E-state index in [-0.39, 0.29) is 6.61 Å². The minimum Gasteiger partial charge on any atom is -0.455 e. The second kappa shape index (κ2) is 6.37. The van der Waals surface area contributed by atoms with Gasteiger partial charge in [0.25, 0.3) is 0 Å². The first-order valence-corrected chi connectivity index (χ1v) is 10.7. The lowest BCUT2D eigenvalue weighted by molar-refractivity contribution is 0.0472. The van der Waals surface area contributed by atoms with Crippen molar-refractivity contribution in [1.82, 2.24) is 4.98 Å². The lowest BCUT2D eigenvalue weighted by Crippen LogP contribution is -2.27. The first-order chi connectivity index (χ1) is 12.4. The van der Waals surface area contributed by atoms with E-state index >= 15 is 0 Å². The number of rotatable bonds is 4. The van der Waals surface area contributed by atoms with Crippen molar-refractivity contribution in [2.45, 2.75) is 13.0 Å². The molecule has 134 valence electrons. The topological polar surface area (TPSA) is 76.6 Å². The molecule has 0 saturated heterocycles. The predicted molar refractivity (Wildman–Crippen MR) is 101 cm³/mol. The van der Waals surface area contributed by atoms with Gasteiger partial charge in [-0.05, 0) is 42.3 Å². The minimum atomic E-state index is -3.30. The number of carbonyl (C=O) groups excluding carboxylic acids is 1. The minimum absolute atomic E-state index is 0.116. The molecule has 0 bridgehead atoms. The Labute approximate surface area is 155 Å². The van der Waals surface area contributed by atoms with Crippen LogP contribution in [0.5, 0.6) is 0 Å². The summed E-state index contributed by atoms with van der Waals surface area (Å²) >= 11 is 1.50. The Bertz CT molecular complexity index is 1070. The standard InChI is InChI=1S/C18H16N2O4S2/c1-26(22,23)20-9-8-12-10-13(6-7-15(12)20)18(21)24-11-17-19-14-4-2-3-5-16(14)25-17/h2-7,10H,8-9,11H2,1H3. The van der Waals surface area contributed by atoms with E-state index in [1.165, 1.54) is 21.9 Å². The number of anilines is 1. The SMILES string of the molecule is CS(=O)(=O)N1CCc2cc(C(=O)OCc3nc4ccccc4s3)ccc21. The fourth-order valence-corrected chi connectivity index (χ4v) is 4.87. The Morgan fingerprint density at radius 1 is 1.27 bits per heavy atom. The molecule has 1 aliphatic heterocycles. The van der Waals surface area contributed by atoms with Crippen molar-refractivity contribution in [2.24, 2.45) is 0 Å². The molecule has 0 saturated carbocycles. The average molecular weight is 388 g/mol. The molecule has 0 amide bonds. The van der Waals surface area contributed by atoms with E-state index in [2.05, 4.69) is 4.98 Å². The molecule has 1 aliphatic rings. The monoisotopic (exact) mass is 388 g/mol. The highest BCUT2D eigenvalue weighted by molar-refractivity contribution is 7.92. The summed E-state index contributed by atoms with van der Waals surface area (Å²) in [5, 5.41) is 0.740. The van der Waals surface area contributed by atoms with Crippen LogP contribution in [0.1, 0.15) is 20.9 Å². The molecule has 0 fully saturated rings. The van der Waals surface area contributed by atoms with Gasteiger partial charge in [0.05, 0.1) is 27.7 Å². The first-order valence-electron chi connectivity index (χ1n) is 8.04. The summed E-state index contributed by atoms with van der Waals surface area (Å²) in [6, 6.07) is 12.7. The zero-order chi connectivity index (χ0) is 18.3. The average Bonchev–Trinajstić information content (AvgIpc) is 3.22. The van der Waals surface area contributed by atoms with Crippen LogP contribution in [0.15, 0.2) is 42.5 Å². The number of sulfonamides is 1. The third-order valence-electron chi connectivity index (χ3n) is 4.23. The summed E-state index contributed by atoms with van der Waals surface area (Å²) in [5.41, 5.74) is 2.78. The summed E-state index contributed by atoms with van der Waals surface area (Å²) in [7, 11) is -3.30. The molecule has 0 unspecified atom stereocenters. The molecule has 2 heterocycles. The van der Waals surface area contributed by atoms with Gasteiger partial charge in [0.2, 0.25) is 10.0 Å². The van der Waals surface area contributed by atoms with Gasteiger partial charge in [0.15, 0.2) is 0 Å². The van der Waals surface area contributed by atoms with Gasteiger partial charge in [0.1, 0.15) is 11.6 Å². The molecule has 3 aromatic rings. The van der Waals surface area contributed by atoms with Crippen LogP contribution in [-0.2, 0) is 27.8 Å². The molecule has 0 radical (unpaired) electrons. The summed E-state index contributed by atoms with van der Waals surface area (Å²) in [5.74, 6) is -0.440. The second-order valence-electron chi connectivity index (χ2n) is 6.08. The van der Waals surface area contributed by atoms with Crippen molar-refractivity contribution in [3.8, 4) is 0 Å². The van der Waals surface area contributed by atoms with Gasteiger partial charge < -0.3 is 4.74 Å². The number of benzene rings is 2. The fourth-order valence-electron chi connectivity index (χ4n) is 3.04. The second-order valence-corrected chi connectivity index (χ2v) is 9.10. The highest BCUT2D eigenvalue weighted by Gasteiger charge is 2.27. The Hall–Kier alpha value is -2.45. The third-order valence-corrected chi connectivity index (χ3v) is 6.42. The van der Waals surface area contributed by atoms with Crippen molar-refractivity contribution in [2.75, 3.05) is 17.1 Å². The molecule has 0 aliphatic carbocycles. The number of para-hydroxylation sites is 1.